The number of carboxylic acids is 1. The van der Waals surface area contributed by atoms with Gasteiger partial charge in [0.2, 0.25) is 0 Å². The molecular formula is C14H20ClNO2. The summed E-state index contributed by atoms with van der Waals surface area (Å²) in [5.41, 5.74) is 1.25. The van der Waals surface area contributed by atoms with E-state index in [0.29, 0.717) is 11.8 Å². The van der Waals surface area contributed by atoms with Crippen molar-refractivity contribution in [2.24, 2.45) is 11.8 Å². The Morgan fingerprint density at radius 2 is 1.94 bits per heavy atom. The van der Waals surface area contributed by atoms with E-state index in [-0.39, 0.29) is 24.5 Å². The molecule has 0 bridgehead atoms. The van der Waals surface area contributed by atoms with Crippen LogP contribution in [0.3, 0.4) is 0 Å². The molecule has 0 spiro atoms. The van der Waals surface area contributed by atoms with Crippen molar-refractivity contribution in [3.63, 3.8) is 0 Å². The van der Waals surface area contributed by atoms with E-state index in [2.05, 4.69) is 26.0 Å². The summed E-state index contributed by atoms with van der Waals surface area (Å²) in [6.45, 7) is 4.36. The molecule has 3 nitrogen and oxygen atoms in total. The molecule has 18 heavy (non-hydrogen) atoms. The van der Waals surface area contributed by atoms with Crippen molar-refractivity contribution < 1.29 is 27.6 Å². The van der Waals surface area contributed by atoms with Crippen LogP contribution in [-0.4, -0.2) is 17.1 Å². The van der Waals surface area contributed by atoms with Gasteiger partial charge in [0, 0.05) is 17.9 Å². The van der Waals surface area contributed by atoms with E-state index in [1.807, 2.05) is 23.5 Å². The van der Waals surface area contributed by atoms with Crippen LogP contribution in [0.4, 0.5) is 0 Å². The average molecular weight is 270 g/mol. The maximum Gasteiger partial charge on any atom is 0.362 e. The van der Waals surface area contributed by atoms with Crippen LogP contribution >= 0.6 is 0 Å². The molecule has 1 aromatic rings. The van der Waals surface area contributed by atoms with Gasteiger partial charge >= 0.3 is 5.97 Å². The number of halogens is 1. The van der Waals surface area contributed by atoms with Gasteiger partial charge in [0.05, 0.1) is 0 Å². The van der Waals surface area contributed by atoms with Crippen LogP contribution < -0.4 is 17.7 Å². The summed E-state index contributed by atoms with van der Waals surface area (Å²) in [6.07, 6.45) is 0.770. The number of carboxylic acid groups (broad SMARTS) is 1. The third-order valence-corrected chi connectivity index (χ3v) is 3.78. The number of hydrogen-bond donors (Lipinski definition) is 2. The van der Waals surface area contributed by atoms with E-state index in [9.17, 15) is 4.79 Å². The summed E-state index contributed by atoms with van der Waals surface area (Å²) in [5, 5.41) is 11.2. The van der Waals surface area contributed by atoms with E-state index in [1.54, 1.807) is 0 Å². The SMILES string of the molecule is CC(C)[C@@H]1C[C@@H](C(=O)O)[NH2+][C@@H]1c1ccccc1.[Cl-]. The Morgan fingerprint density at radius 1 is 1.33 bits per heavy atom. The fourth-order valence-corrected chi connectivity index (χ4v) is 2.81. The van der Waals surface area contributed by atoms with Gasteiger partial charge in [-0.3, -0.25) is 0 Å². The number of nitrogens with two attached hydrogens (primary N) is 1. The molecule has 1 heterocycles. The van der Waals surface area contributed by atoms with Crippen LogP contribution in [0.15, 0.2) is 30.3 Å². The van der Waals surface area contributed by atoms with Crippen LogP contribution in [0.25, 0.3) is 0 Å². The van der Waals surface area contributed by atoms with Crippen LogP contribution in [0.5, 0.6) is 0 Å². The first kappa shape index (κ1) is 15.0. The molecule has 100 valence electrons. The van der Waals surface area contributed by atoms with Crippen molar-refractivity contribution in [3.05, 3.63) is 35.9 Å². The Labute approximate surface area is 114 Å². The Morgan fingerprint density at radius 3 is 2.44 bits per heavy atom. The average Bonchev–Trinajstić information content (AvgIpc) is 2.75. The Balaban J connectivity index is 0.00000162. The van der Waals surface area contributed by atoms with Crippen molar-refractivity contribution in [1.29, 1.82) is 0 Å². The zero-order valence-corrected chi connectivity index (χ0v) is 11.5. The molecule has 0 saturated carbocycles. The van der Waals surface area contributed by atoms with Crippen molar-refractivity contribution in [3.8, 4) is 0 Å². The van der Waals surface area contributed by atoms with Crippen LogP contribution in [-0.2, 0) is 4.79 Å². The minimum atomic E-state index is -0.686. The minimum absolute atomic E-state index is 0. The Kier molecular flexibility index (Phi) is 5.17. The Hall–Kier alpha value is -1.06. The van der Waals surface area contributed by atoms with Crippen molar-refractivity contribution in [2.45, 2.75) is 32.4 Å². The lowest BCUT2D eigenvalue weighted by atomic mass is 9.85. The van der Waals surface area contributed by atoms with Crippen molar-refractivity contribution in [1.82, 2.24) is 0 Å². The van der Waals surface area contributed by atoms with E-state index >= 15 is 0 Å². The van der Waals surface area contributed by atoms with Gasteiger partial charge in [-0.1, -0.05) is 44.2 Å². The zero-order chi connectivity index (χ0) is 12.4. The number of rotatable bonds is 3. The fourth-order valence-electron chi connectivity index (χ4n) is 2.81. The first-order valence-corrected chi connectivity index (χ1v) is 6.22. The molecular weight excluding hydrogens is 250 g/mol. The lowest BCUT2D eigenvalue weighted by Gasteiger charge is -2.19. The molecule has 4 heteroatoms. The van der Waals surface area contributed by atoms with E-state index in [0.717, 1.165) is 6.42 Å². The van der Waals surface area contributed by atoms with Gasteiger partial charge in [0.1, 0.15) is 6.04 Å². The van der Waals surface area contributed by atoms with Crippen molar-refractivity contribution >= 4 is 5.97 Å². The summed E-state index contributed by atoms with van der Waals surface area (Å²) >= 11 is 0. The second-order valence-corrected chi connectivity index (χ2v) is 5.22. The van der Waals surface area contributed by atoms with Gasteiger partial charge < -0.3 is 22.8 Å². The van der Waals surface area contributed by atoms with Crippen molar-refractivity contribution in [2.75, 3.05) is 0 Å². The predicted molar refractivity (Wildman–Crippen MR) is 65.5 cm³/mol. The van der Waals surface area contributed by atoms with Gasteiger partial charge in [0.15, 0.2) is 6.04 Å². The second kappa shape index (κ2) is 6.21. The lowest BCUT2D eigenvalue weighted by Crippen LogP contribution is -3.00. The van der Waals surface area contributed by atoms with E-state index in [4.69, 9.17) is 5.11 Å². The third kappa shape index (κ3) is 3.03. The van der Waals surface area contributed by atoms with Gasteiger partial charge in [-0.05, 0) is 5.92 Å². The fraction of sp³-hybridized carbons (Fsp3) is 0.500. The molecule has 3 N–H and O–H groups in total. The van der Waals surface area contributed by atoms with Gasteiger partial charge in [-0.2, -0.15) is 0 Å². The molecule has 1 fully saturated rings. The molecule has 1 aliphatic heterocycles. The highest BCUT2D eigenvalue weighted by molar-refractivity contribution is 5.72. The number of carbonyl (C=O) groups is 1. The van der Waals surface area contributed by atoms with Crippen LogP contribution in [0, 0.1) is 11.8 Å². The molecule has 0 unspecified atom stereocenters. The van der Waals surface area contributed by atoms with Gasteiger partial charge in [0.25, 0.3) is 0 Å². The summed E-state index contributed by atoms with van der Waals surface area (Å²) in [5.74, 6) is 0.272. The first-order chi connectivity index (χ1) is 8.09. The highest BCUT2D eigenvalue weighted by Crippen LogP contribution is 2.32. The monoisotopic (exact) mass is 269 g/mol. The normalized spacial score (nSPS) is 26.9. The maximum atomic E-state index is 11.1. The highest BCUT2D eigenvalue weighted by atomic mass is 35.5. The largest absolute Gasteiger partial charge is 1.00 e. The molecule has 0 amide bonds. The zero-order valence-electron chi connectivity index (χ0n) is 10.7. The number of benzene rings is 1. The second-order valence-electron chi connectivity index (χ2n) is 5.22. The minimum Gasteiger partial charge on any atom is -1.00 e. The highest BCUT2D eigenvalue weighted by Gasteiger charge is 2.43. The van der Waals surface area contributed by atoms with Gasteiger partial charge in [-0.15, -0.1) is 0 Å². The predicted octanol–water partition coefficient (Wildman–Crippen LogP) is -1.58. The Bertz CT molecular complexity index is 394. The van der Waals surface area contributed by atoms with Crippen LogP contribution in [0.2, 0.25) is 0 Å². The molecule has 0 aromatic heterocycles. The van der Waals surface area contributed by atoms with Gasteiger partial charge in [-0.25, -0.2) is 4.79 Å². The standard InChI is InChI=1S/C14H19NO2.ClH/c1-9(2)11-8-12(14(16)17)15-13(11)10-6-4-3-5-7-10;/h3-7,9,11-13,15H,8H2,1-2H3,(H,16,17);1H/t11-,12-,13+;/m0./s1. The molecule has 2 rings (SSSR count). The third-order valence-electron chi connectivity index (χ3n) is 3.78. The first-order valence-electron chi connectivity index (χ1n) is 6.22. The molecule has 3 atom stereocenters. The van der Waals surface area contributed by atoms with E-state index in [1.165, 1.54) is 5.56 Å². The molecule has 1 aliphatic rings. The number of hydrogen-bond acceptors (Lipinski definition) is 1. The maximum absolute atomic E-state index is 11.1. The van der Waals surface area contributed by atoms with E-state index < -0.39 is 5.97 Å². The summed E-state index contributed by atoms with van der Waals surface area (Å²) in [7, 11) is 0. The summed E-state index contributed by atoms with van der Waals surface area (Å²) < 4.78 is 0. The lowest BCUT2D eigenvalue weighted by molar-refractivity contribution is -0.700. The quantitative estimate of drug-likeness (QED) is 0.696. The molecule has 0 aliphatic carbocycles. The number of aliphatic carboxylic acids is 1. The molecule has 0 radical (unpaired) electrons. The topological polar surface area (TPSA) is 53.9 Å². The smallest absolute Gasteiger partial charge is 0.362 e. The van der Waals surface area contributed by atoms with Crippen LogP contribution in [0.1, 0.15) is 31.9 Å². The molecule has 1 saturated heterocycles. The summed E-state index contributed by atoms with van der Waals surface area (Å²) in [6, 6.07) is 10.2. The molecule has 1 aromatic carbocycles. The number of quaternary nitrogens is 1. The summed E-state index contributed by atoms with van der Waals surface area (Å²) in [4.78, 5) is 11.1.